The van der Waals surface area contributed by atoms with Crippen LogP contribution < -0.4 is 16.0 Å². The van der Waals surface area contributed by atoms with E-state index in [-0.39, 0.29) is 11.9 Å². The van der Waals surface area contributed by atoms with Gasteiger partial charge in [0.15, 0.2) is 0 Å². The zero-order valence-corrected chi connectivity index (χ0v) is 18.1. The number of aromatic nitrogens is 3. The number of nitrogens with one attached hydrogen (secondary N) is 1. The average Bonchev–Trinajstić information content (AvgIpc) is 3.42. The number of rotatable bonds is 4. The van der Waals surface area contributed by atoms with Gasteiger partial charge in [0.1, 0.15) is 5.69 Å². The second-order valence-electron chi connectivity index (χ2n) is 7.93. The highest BCUT2D eigenvalue weighted by molar-refractivity contribution is 7.12. The molecule has 31 heavy (non-hydrogen) atoms. The summed E-state index contributed by atoms with van der Waals surface area (Å²) in [6.45, 7) is 3.80. The molecule has 4 aromatic rings. The standard InChI is InChI=1S/C23H24N6OS/c1-15-6-7-21(28-10-8-17(24)9-11-28)18(12-15)26-22(30)19-14-31-23(27-19)29-20-5-3-2-4-16(20)13-25-29/h2-7,12-14,17H,8-11,24H2,1H3,(H,26,30). The van der Waals surface area contributed by atoms with Crippen LogP contribution in [-0.2, 0) is 0 Å². The molecule has 1 aliphatic rings. The number of thiazole rings is 1. The van der Waals surface area contributed by atoms with Gasteiger partial charge in [0.25, 0.3) is 5.91 Å². The van der Waals surface area contributed by atoms with Gasteiger partial charge in [-0.15, -0.1) is 11.3 Å². The van der Waals surface area contributed by atoms with E-state index in [1.54, 1.807) is 16.3 Å². The van der Waals surface area contributed by atoms with Crippen molar-refractivity contribution in [3.05, 3.63) is 65.3 Å². The number of nitrogens with two attached hydrogens (primary N) is 1. The van der Waals surface area contributed by atoms with Crippen LogP contribution in [-0.4, -0.2) is 39.8 Å². The Labute approximate surface area is 184 Å². The number of carbonyl (C=O) groups is 1. The molecule has 0 bridgehead atoms. The minimum absolute atomic E-state index is 0.223. The number of benzene rings is 2. The smallest absolute Gasteiger partial charge is 0.275 e. The molecule has 3 heterocycles. The van der Waals surface area contributed by atoms with E-state index in [2.05, 4.69) is 32.4 Å². The van der Waals surface area contributed by atoms with Gasteiger partial charge in [-0.1, -0.05) is 24.3 Å². The van der Waals surface area contributed by atoms with Crippen molar-refractivity contribution in [2.24, 2.45) is 5.73 Å². The van der Waals surface area contributed by atoms with Gasteiger partial charge >= 0.3 is 0 Å². The Morgan fingerprint density at radius 1 is 1.19 bits per heavy atom. The van der Waals surface area contributed by atoms with Crippen LogP contribution in [0.3, 0.4) is 0 Å². The van der Waals surface area contributed by atoms with E-state index >= 15 is 0 Å². The summed E-state index contributed by atoms with van der Waals surface area (Å²) < 4.78 is 1.77. The van der Waals surface area contributed by atoms with Crippen molar-refractivity contribution >= 4 is 39.5 Å². The van der Waals surface area contributed by atoms with Gasteiger partial charge in [-0.05, 0) is 43.5 Å². The summed E-state index contributed by atoms with van der Waals surface area (Å²) in [6, 6.07) is 14.4. The number of hydrogen-bond acceptors (Lipinski definition) is 6. The summed E-state index contributed by atoms with van der Waals surface area (Å²) in [7, 11) is 0. The minimum atomic E-state index is -0.223. The number of nitrogens with zero attached hydrogens (tertiary/aromatic N) is 4. The van der Waals surface area contributed by atoms with E-state index in [1.165, 1.54) is 11.3 Å². The maximum Gasteiger partial charge on any atom is 0.275 e. The predicted octanol–water partition coefficient (Wildman–Crippen LogP) is 3.97. The highest BCUT2D eigenvalue weighted by Gasteiger charge is 2.21. The summed E-state index contributed by atoms with van der Waals surface area (Å²) in [4.78, 5) is 19.9. The molecule has 7 nitrogen and oxygen atoms in total. The number of amides is 1. The molecule has 0 radical (unpaired) electrons. The zero-order chi connectivity index (χ0) is 21.4. The number of aryl methyl sites for hydroxylation is 1. The van der Waals surface area contributed by atoms with Crippen molar-refractivity contribution in [2.45, 2.75) is 25.8 Å². The van der Waals surface area contributed by atoms with Gasteiger partial charge in [0, 0.05) is 29.9 Å². The van der Waals surface area contributed by atoms with Crippen LogP contribution in [0, 0.1) is 6.92 Å². The molecular formula is C23H24N6OS. The lowest BCUT2D eigenvalue weighted by molar-refractivity contribution is 0.102. The molecular weight excluding hydrogens is 408 g/mol. The normalized spacial score (nSPS) is 14.8. The van der Waals surface area contributed by atoms with Crippen LogP contribution in [0.25, 0.3) is 16.0 Å². The number of carbonyl (C=O) groups excluding carboxylic acids is 1. The van der Waals surface area contributed by atoms with E-state index < -0.39 is 0 Å². The summed E-state index contributed by atoms with van der Waals surface area (Å²) in [6.07, 6.45) is 3.71. The van der Waals surface area contributed by atoms with Crippen molar-refractivity contribution in [1.29, 1.82) is 0 Å². The predicted molar refractivity (Wildman–Crippen MR) is 125 cm³/mol. The van der Waals surface area contributed by atoms with Crippen LogP contribution in [0.5, 0.6) is 0 Å². The molecule has 1 amide bonds. The molecule has 3 N–H and O–H groups in total. The first-order valence-corrected chi connectivity index (χ1v) is 11.3. The fourth-order valence-electron chi connectivity index (χ4n) is 3.94. The van der Waals surface area contributed by atoms with E-state index in [0.717, 1.165) is 53.8 Å². The van der Waals surface area contributed by atoms with Crippen molar-refractivity contribution in [2.75, 3.05) is 23.3 Å². The third-order valence-corrected chi connectivity index (χ3v) is 6.48. The molecule has 2 aromatic heterocycles. The zero-order valence-electron chi connectivity index (χ0n) is 17.3. The molecule has 2 aromatic carbocycles. The van der Waals surface area contributed by atoms with Gasteiger partial charge in [-0.25, -0.2) is 9.67 Å². The lowest BCUT2D eigenvalue weighted by Crippen LogP contribution is -2.40. The van der Waals surface area contributed by atoms with Crippen LogP contribution in [0.4, 0.5) is 11.4 Å². The topological polar surface area (TPSA) is 89.1 Å². The lowest BCUT2D eigenvalue weighted by Gasteiger charge is -2.33. The van der Waals surface area contributed by atoms with Crippen LogP contribution in [0.15, 0.2) is 54.0 Å². The Hall–Kier alpha value is -3.23. The van der Waals surface area contributed by atoms with Gasteiger partial charge in [0.2, 0.25) is 5.13 Å². The summed E-state index contributed by atoms with van der Waals surface area (Å²) >= 11 is 1.40. The number of fused-ring (bicyclic) bond motifs is 1. The van der Waals surface area contributed by atoms with Crippen molar-refractivity contribution < 1.29 is 4.79 Å². The van der Waals surface area contributed by atoms with Crippen molar-refractivity contribution in [1.82, 2.24) is 14.8 Å². The Bertz CT molecular complexity index is 1240. The molecule has 1 saturated heterocycles. The molecule has 158 valence electrons. The first kappa shape index (κ1) is 19.7. The molecule has 0 spiro atoms. The molecule has 8 heteroatoms. The molecule has 0 aliphatic carbocycles. The number of piperidine rings is 1. The second kappa shape index (κ2) is 8.13. The Balaban J connectivity index is 1.39. The lowest BCUT2D eigenvalue weighted by atomic mass is 10.0. The highest BCUT2D eigenvalue weighted by Crippen LogP contribution is 2.30. The van der Waals surface area contributed by atoms with Crippen molar-refractivity contribution in [3.63, 3.8) is 0 Å². The summed E-state index contributed by atoms with van der Waals surface area (Å²) in [5.41, 5.74) is 10.3. The number of para-hydroxylation sites is 1. The summed E-state index contributed by atoms with van der Waals surface area (Å²) in [5, 5.41) is 11.0. The quantitative estimate of drug-likeness (QED) is 0.509. The van der Waals surface area contributed by atoms with Gasteiger partial charge in [0.05, 0.1) is 23.1 Å². The van der Waals surface area contributed by atoms with E-state index in [1.807, 2.05) is 37.3 Å². The third-order valence-electron chi connectivity index (χ3n) is 5.66. The van der Waals surface area contributed by atoms with Crippen molar-refractivity contribution in [3.8, 4) is 5.13 Å². The Morgan fingerprint density at radius 2 is 2.00 bits per heavy atom. The maximum atomic E-state index is 13.0. The molecule has 0 unspecified atom stereocenters. The molecule has 0 saturated carbocycles. The first-order chi connectivity index (χ1) is 15.1. The van der Waals surface area contributed by atoms with Gasteiger partial charge in [-0.2, -0.15) is 5.10 Å². The van der Waals surface area contributed by atoms with Crippen LogP contribution in [0.2, 0.25) is 0 Å². The minimum Gasteiger partial charge on any atom is -0.370 e. The van der Waals surface area contributed by atoms with E-state index in [9.17, 15) is 4.79 Å². The number of hydrogen-bond donors (Lipinski definition) is 2. The molecule has 1 fully saturated rings. The molecule has 0 atom stereocenters. The van der Waals surface area contributed by atoms with Gasteiger partial charge < -0.3 is 16.0 Å². The average molecular weight is 433 g/mol. The Morgan fingerprint density at radius 3 is 2.84 bits per heavy atom. The van der Waals surface area contributed by atoms with E-state index in [0.29, 0.717) is 10.8 Å². The third kappa shape index (κ3) is 3.92. The fourth-order valence-corrected chi connectivity index (χ4v) is 4.72. The fraction of sp³-hybridized carbons (Fsp3) is 0.261. The molecule has 1 aliphatic heterocycles. The summed E-state index contributed by atoms with van der Waals surface area (Å²) in [5.74, 6) is -0.223. The van der Waals surface area contributed by atoms with Gasteiger partial charge in [-0.3, -0.25) is 4.79 Å². The highest BCUT2D eigenvalue weighted by atomic mass is 32.1. The largest absolute Gasteiger partial charge is 0.370 e. The van der Waals surface area contributed by atoms with Crippen LogP contribution in [0.1, 0.15) is 28.9 Å². The second-order valence-corrected chi connectivity index (χ2v) is 8.77. The van der Waals surface area contributed by atoms with E-state index in [4.69, 9.17) is 5.73 Å². The number of anilines is 2. The SMILES string of the molecule is Cc1ccc(N2CCC(N)CC2)c(NC(=O)c2csc(-n3ncc4ccccc43)n2)c1. The molecule has 5 rings (SSSR count). The van der Waals surface area contributed by atoms with Crippen LogP contribution >= 0.6 is 11.3 Å². The maximum absolute atomic E-state index is 13.0. The monoisotopic (exact) mass is 432 g/mol. The first-order valence-electron chi connectivity index (χ1n) is 10.4. The Kier molecular flexibility index (Phi) is 5.17.